The Morgan fingerprint density at radius 2 is 2.10 bits per heavy atom. The van der Waals surface area contributed by atoms with Crippen molar-refractivity contribution in [2.75, 3.05) is 7.11 Å². The van der Waals surface area contributed by atoms with Gasteiger partial charge in [-0.2, -0.15) is 0 Å². The van der Waals surface area contributed by atoms with Gasteiger partial charge in [0.25, 0.3) is 5.91 Å². The maximum Gasteiger partial charge on any atom is 0.252 e. The number of primary sulfonamides is 1. The highest BCUT2D eigenvalue weighted by atomic mass is 79.9. The van der Waals surface area contributed by atoms with Crippen molar-refractivity contribution in [2.45, 2.75) is 29.9 Å². The Morgan fingerprint density at radius 1 is 1.48 bits per heavy atom. The second-order valence-electron chi connectivity index (χ2n) is 4.81. The lowest BCUT2D eigenvalue weighted by Gasteiger charge is -2.34. The summed E-state index contributed by atoms with van der Waals surface area (Å²) in [6.45, 7) is 0. The smallest absolute Gasteiger partial charge is 0.252 e. The van der Waals surface area contributed by atoms with E-state index in [9.17, 15) is 17.6 Å². The number of amides is 1. The van der Waals surface area contributed by atoms with Crippen LogP contribution in [0.4, 0.5) is 4.39 Å². The summed E-state index contributed by atoms with van der Waals surface area (Å²) in [4.78, 5) is 11.4. The number of ether oxygens (including phenoxy) is 1. The van der Waals surface area contributed by atoms with Crippen LogP contribution >= 0.6 is 15.9 Å². The number of sulfonamides is 1. The number of rotatable bonds is 4. The summed E-state index contributed by atoms with van der Waals surface area (Å²) in [6.07, 6.45) is 1.48. The van der Waals surface area contributed by atoms with Gasteiger partial charge >= 0.3 is 0 Å². The average Bonchev–Trinajstić information content (AvgIpc) is 2.31. The number of carbonyl (C=O) groups excluding carboxylic acids is 1. The predicted molar refractivity (Wildman–Crippen MR) is 76.8 cm³/mol. The molecular weight excluding hydrogens is 367 g/mol. The van der Waals surface area contributed by atoms with Crippen molar-refractivity contribution in [3.8, 4) is 0 Å². The zero-order chi connectivity index (χ0) is 15.8. The zero-order valence-electron chi connectivity index (χ0n) is 11.1. The Hall–Kier alpha value is -1.03. The van der Waals surface area contributed by atoms with Crippen molar-refractivity contribution < 1.29 is 22.3 Å². The molecular formula is C12H14BrFN2O4S. The lowest BCUT2D eigenvalue weighted by Crippen LogP contribution is -2.47. The van der Waals surface area contributed by atoms with Crippen LogP contribution in [0.2, 0.25) is 0 Å². The first kappa shape index (κ1) is 16.3. The van der Waals surface area contributed by atoms with Crippen LogP contribution < -0.4 is 10.5 Å². The van der Waals surface area contributed by atoms with Gasteiger partial charge in [-0.1, -0.05) is 0 Å². The van der Waals surface area contributed by atoms with E-state index < -0.39 is 26.6 Å². The standard InChI is InChI=1S/C12H14BrFN2O4S/c1-20-7-2-6(3-7)16-12(17)8-4-11(21(15,18)19)10(14)5-9(8)13/h4-7H,2-3H2,1H3,(H,16,17)(H2,15,18,19). The second kappa shape index (κ2) is 5.99. The van der Waals surface area contributed by atoms with Gasteiger partial charge in [-0.25, -0.2) is 17.9 Å². The van der Waals surface area contributed by atoms with Crippen molar-refractivity contribution in [1.82, 2.24) is 5.32 Å². The zero-order valence-corrected chi connectivity index (χ0v) is 13.5. The van der Waals surface area contributed by atoms with Crippen LogP contribution in [-0.4, -0.2) is 33.6 Å². The Labute approximate surface area is 130 Å². The highest BCUT2D eigenvalue weighted by Gasteiger charge is 2.31. The second-order valence-corrected chi connectivity index (χ2v) is 7.19. The van der Waals surface area contributed by atoms with Crippen LogP contribution in [-0.2, 0) is 14.8 Å². The van der Waals surface area contributed by atoms with Gasteiger partial charge < -0.3 is 10.1 Å². The van der Waals surface area contributed by atoms with Crippen molar-refractivity contribution in [2.24, 2.45) is 5.14 Å². The number of nitrogens with one attached hydrogen (secondary N) is 1. The van der Waals surface area contributed by atoms with E-state index in [1.54, 1.807) is 7.11 Å². The number of hydrogen-bond donors (Lipinski definition) is 2. The molecule has 3 N–H and O–H groups in total. The lowest BCUT2D eigenvalue weighted by molar-refractivity contribution is 0.0176. The van der Waals surface area contributed by atoms with E-state index in [4.69, 9.17) is 9.88 Å². The normalized spacial score (nSPS) is 21.7. The first-order chi connectivity index (χ1) is 9.72. The molecule has 0 atom stereocenters. The van der Waals surface area contributed by atoms with Gasteiger partial charge in [0.05, 0.1) is 11.7 Å². The fourth-order valence-corrected chi connectivity index (χ4v) is 3.17. The number of benzene rings is 1. The Bertz CT molecular complexity index is 674. The maximum atomic E-state index is 13.6. The molecule has 1 aromatic carbocycles. The van der Waals surface area contributed by atoms with Gasteiger partial charge in [-0.3, -0.25) is 4.79 Å². The first-order valence-corrected chi connectivity index (χ1v) is 8.41. The van der Waals surface area contributed by atoms with Gasteiger partial charge in [-0.15, -0.1) is 0 Å². The fraction of sp³-hybridized carbons (Fsp3) is 0.417. The monoisotopic (exact) mass is 380 g/mol. The van der Waals surface area contributed by atoms with Gasteiger partial charge in [0.2, 0.25) is 10.0 Å². The maximum absolute atomic E-state index is 13.6. The molecule has 9 heteroatoms. The molecule has 2 rings (SSSR count). The van der Waals surface area contributed by atoms with Gasteiger partial charge in [0.15, 0.2) is 0 Å². The summed E-state index contributed by atoms with van der Waals surface area (Å²) in [5.41, 5.74) is 0.0151. The number of nitrogens with two attached hydrogens (primary N) is 1. The van der Waals surface area contributed by atoms with Gasteiger partial charge in [-0.05, 0) is 40.9 Å². The van der Waals surface area contributed by atoms with Crippen LogP contribution in [0.15, 0.2) is 21.5 Å². The van der Waals surface area contributed by atoms with Crippen LogP contribution in [0.25, 0.3) is 0 Å². The molecule has 0 aliphatic heterocycles. The highest BCUT2D eigenvalue weighted by molar-refractivity contribution is 9.10. The summed E-state index contributed by atoms with van der Waals surface area (Å²) in [5.74, 6) is -1.50. The summed E-state index contributed by atoms with van der Waals surface area (Å²) >= 11 is 3.04. The Morgan fingerprint density at radius 3 is 2.62 bits per heavy atom. The number of carbonyl (C=O) groups is 1. The van der Waals surface area contributed by atoms with Crippen LogP contribution in [0.1, 0.15) is 23.2 Å². The van der Waals surface area contributed by atoms with E-state index >= 15 is 0 Å². The molecule has 1 aliphatic rings. The van der Waals surface area contributed by atoms with Crippen LogP contribution in [0, 0.1) is 5.82 Å². The number of hydrogen-bond acceptors (Lipinski definition) is 4. The minimum Gasteiger partial charge on any atom is -0.381 e. The van der Waals surface area contributed by atoms with Crippen molar-refractivity contribution in [1.29, 1.82) is 0 Å². The Balaban J connectivity index is 2.21. The largest absolute Gasteiger partial charge is 0.381 e. The summed E-state index contributed by atoms with van der Waals surface area (Å²) in [6, 6.07) is 1.79. The molecule has 116 valence electrons. The molecule has 0 aromatic heterocycles. The average molecular weight is 381 g/mol. The molecule has 1 aliphatic carbocycles. The van der Waals surface area contributed by atoms with E-state index in [-0.39, 0.29) is 22.2 Å². The quantitative estimate of drug-likeness (QED) is 0.817. The third-order valence-corrected chi connectivity index (χ3v) is 4.92. The molecule has 0 radical (unpaired) electrons. The summed E-state index contributed by atoms with van der Waals surface area (Å²) < 4.78 is 41.4. The third-order valence-electron chi connectivity index (χ3n) is 3.34. The molecule has 0 heterocycles. The molecule has 0 bridgehead atoms. The molecule has 0 unspecified atom stereocenters. The molecule has 0 saturated heterocycles. The third kappa shape index (κ3) is 3.60. The lowest BCUT2D eigenvalue weighted by atomic mass is 9.89. The van der Waals surface area contributed by atoms with Gasteiger partial charge in [0, 0.05) is 17.6 Å². The van der Waals surface area contributed by atoms with Crippen LogP contribution in [0.3, 0.4) is 0 Å². The minimum absolute atomic E-state index is 0.0151. The highest BCUT2D eigenvalue weighted by Crippen LogP contribution is 2.26. The van der Waals surface area contributed by atoms with E-state index in [0.29, 0.717) is 12.8 Å². The number of methoxy groups -OCH3 is 1. The van der Waals surface area contributed by atoms with E-state index in [1.165, 1.54) is 0 Å². The number of halogens is 2. The van der Waals surface area contributed by atoms with Gasteiger partial charge in [0.1, 0.15) is 10.7 Å². The van der Waals surface area contributed by atoms with Crippen LogP contribution in [0.5, 0.6) is 0 Å². The molecule has 21 heavy (non-hydrogen) atoms. The molecule has 1 fully saturated rings. The van der Waals surface area contributed by atoms with Crippen molar-refractivity contribution in [3.05, 3.63) is 28.0 Å². The summed E-state index contributed by atoms with van der Waals surface area (Å²) in [5, 5.41) is 7.65. The SMILES string of the molecule is COC1CC(NC(=O)c2cc(S(N)(=O)=O)c(F)cc2Br)C1. The predicted octanol–water partition coefficient (Wildman–Crippen LogP) is 1.14. The molecule has 6 nitrogen and oxygen atoms in total. The van der Waals surface area contributed by atoms with Crippen molar-refractivity contribution >= 4 is 31.9 Å². The first-order valence-electron chi connectivity index (χ1n) is 6.08. The van der Waals surface area contributed by atoms with Crippen molar-refractivity contribution in [3.63, 3.8) is 0 Å². The van der Waals surface area contributed by atoms with E-state index in [0.717, 1.165) is 12.1 Å². The summed E-state index contributed by atoms with van der Waals surface area (Å²) in [7, 11) is -2.64. The molecule has 0 spiro atoms. The Kier molecular flexibility index (Phi) is 4.66. The fourth-order valence-electron chi connectivity index (χ4n) is 2.06. The molecule has 1 amide bonds. The molecule has 1 aromatic rings. The van der Waals surface area contributed by atoms with E-state index in [1.807, 2.05) is 0 Å². The topological polar surface area (TPSA) is 98.5 Å². The van der Waals surface area contributed by atoms with E-state index in [2.05, 4.69) is 21.2 Å². The molecule has 1 saturated carbocycles. The minimum atomic E-state index is -4.23.